The maximum Gasteiger partial charge on any atom is 0.276 e. The minimum atomic E-state index is -0.231. The van der Waals surface area contributed by atoms with Crippen LogP contribution < -0.4 is 5.32 Å². The summed E-state index contributed by atoms with van der Waals surface area (Å²) in [5.74, 6) is -0.231. The fourth-order valence-electron chi connectivity index (χ4n) is 2.04. The molecule has 3 rings (SSSR count). The average Bonchev–Trinajstić information content (AvgIpc) is 3.02. The summed E-state index contributed by atoms with van der Waals surface area (Å²) in [6.45, 7) is 2.00. The Labute approximate surface area is 136 Å². The third-order valence-electron chi connectivity index (χ3n) is 3.27. The summed E-state index contributed by atoms with van der Waals surface area (Å²) < 4.78 is 2.64. The molecule has 3 aromatic rings. The number of amides is 1. The van der Waals surface area contributed by atoms with E-state index in [1.807, 2.05) is 55.5 Å². The zero-order valence-corrected chi connectivity index (χ0v) is 13.5. The highest BCUT2D eigenvalue weighted by molar-refractivity contribution is 9.10. The van der Waals surface area contributed by atoms with Crippen molar-refractivity contribution in [3.05, 3.63) is 76.5 Å². The standard InChI is InChI=1S/C17H14BrN3O/c1-12-7-8-13(11-15(12)18)19-17(22)16-9-10-21(20-16)14-5-3-2-4-6-14/h2-11H,1H3,(H,19,22). The van der Waals surface area contributed by atoms with Crippen molar-refractivity contribution >= 4 is 27.5 Å². The summed E-state index contributed by atoms with van der Waals surface area (Å²) in [6, 6.07) is 17.1. The first-order chi connectivity index (χ1) is 10.6. The highest BCUT2D eigenvalue weighted by Crippen LogP contribution is 2.21. The molecule has 0 aliphatic heterocycles. The van der Waals surface area contributed by atoms with Crippen LogP contribution in [0.5, 0.6) is 0 Å². The Kier molecular flexibility index (Phi) is 4.06. The van der Waals surface area contributed by atoms with Crippen molar-refractivity contribution in [2.75, 3.05) is 5.32 Å². The molecule has 0 aliphatic carbocycles. The van der Waals surface area contributed by atoms with E-state index in [-0.39, 0.29) is 5.91 Å². The molecule has 1 heterocycles. The number of hydrogen-bond donors (Lipinski definition) is 1. The van der Waals surface area contributed by atoms with Crippen LogP contribution in [0.15, 0.2) is 65.3 Å². The lowest BCUT2D eigenvalue weighted by Crippen LogP contribution is -2.13. The molecule has 0 saturated carbocycles. The van der Waals surface area contributed by atoms with Crippen LogP contribution in [0.2, 0.25) is 0 Å². The predicted octanol–water partition coefficient (Wildman–Crippen LogP) is 4.20. The molecule has 110 valence electrons. The van der Waals surface area contributed by atoms with Gasteiger partial charge in [-0.2, -0.15) is 5.10 Å². The topological polar surface area (TPSA) is 46.9 Å². The number of anilines is 1. The molecule has 0 fully saturated rings. The minimum Gasteiger partial charge on any atom is -0.321 e. The van der Waals surface area contributed by atoms with E-state index in [0.717, 1.165) is 21.4 Å². The molecule has 1 N–H and O–H groups in total. The van der Waals surface area contributed by atoms with Crippen molar-refractivity contribution in [2.24, 2.45) is 0 Å². The highest BCUT2D eigenvalue weighted by Gasteiger charge is 2.11. The van der Waals surface area contributed by atoms with Crippen LogP contribution in [0.25, 0.3) is 5.69 Å². The van der Waals surface area contributed by atoms with E-state index in [1.165, 1.54) is 0 Å². The number of aromatic nitrogens is 2. The van der Waals surface area contributed by atoms with Crippen LogP contribution in [0.3, 0.4) is 0 Å². The Hall–Kier alpha value is -2.40. The third kappa shape index (κ3) is 3.09. The number of halogens is 1. The number of carbonyl (C=O) groups is 1. The molecule has 0 aliphatic rings. The van der Waals surface area contributed by atoms with Gasteiger partial charge in [0, 0.05) is 16.4 Å². The van der Waals surface area contributed by atoms with E-state index < -0.39 is 0 Å². The molecule has 22 heavy (non-hydrogen) atoms. The van der Waals surface area contributed by atoms with E-state index in [0.29, 0.717) is 5.69 Å². The Bertz CT molecular complexity index is 812. The quantitative estimate of drug-likeness (QED) is 0.765. The normalized spacial score (nSPS) is 10.5. The Balaban J connectivity index is 1.78. The number of rotatable bonds is 3. The average molecular weight is 356 g/mol. The first-order valence-corrected chi connectivity index (χ1v) is 7.61. The van der Waals surface area contributed by atoms with E-state index in [2.05, 4.69) is 26.3 Å². The summed E-state index contributed by atoms with van der Waals surface area (Å²) in [6.07, 6.45) is 1.77. The lowest BCUT2D eigenvalue weighted by atomic mass is 10.2. The zero-order chi connectivity index (χ0) is 15.5. The van der Waals surface area contributed by atoms with E-state index in [9.17, 15) is 4.79 Å². The van der Waals surface area contributed by atoms with Gasteiger partial charge in [-0.1, -0.05) is 40.2 Å². The van der Waals surface area contributed by atoms with Crippen molar-refractivity contribution in [2.45, 2.75) is 6.92 Å². The lowest BCUT2D eigenvalue weighted by molar-refractivity contribution is 0.102. The molecule has 0 unspecified atom stereocenters. The number of benzene rings is 2. The van der Waals surface area contributed by atoms with Crippen LogP contribution in [-0.4, -0.2) is 15.7 Å². The molecular weight excluding hydrogens is 342 g/mol. The smallest absolute Gasteiger partial charge is 0.276 e. The summed E-state index contributed by atoms with van der Waals surface area (Å²) >= 11 is 3.46. The largest absolute Gasteiger partial charge is 0.321 e. The van der Waals surface area contributed by atoms with Gasteiger partial charge in [-0.3, -0.25) is 4.79 Å². The first-order valence-electron chi connectivity index (χ1n) is 6.82. The van der Waals surface area contributed by atoms with Gasteiger partial charge in [-0.15, -0.1) is 0 Å². The van der Waals surface area contributed by atoms with Gasteiger partial charge >= 0.3 is 0 Å². The van der Waals surface area contributed by atoms with Crippen LogP contribution in [0.1, 0.15) is 16.1 Å². The number of carbonyl (C=O) groups excluding carboxylic acids is 1. The molecule has 1 aromatic heterocycles. The summed E-state index contributed by atoms with van der Waals surface area (Å²) in [5.41, 5.74) is 3.14. The number of hydrogen-bond acceptors (Lipinski definition) is 2. The molecule has 0 spiro atoms. The summed E-state index contributed by atoms with van der Waals surface area (Å²) in [7, 11) is 0. The van der Waals surface area contributed by atoms with E-state index >= 15 is 0 Å². The molecular formula is C17H14BrN3O. The second-order valence-electron chi connectivity index (χ2n) is 4.90. The van der Waals surface area contributed by atoms with Crippen molar-refractivity contribution in [3.63, 3.8) is 0 Å². The molecule has 0 bridgehead atoms. The fourth-order valence-corrected chi connectivity index (χ4v) is 2.41. The monoisotopic (exact) mass is 355 g/mol. The van der Waals surface area contributed by atoms with Gasteiger partial charge in [0.25, 0.3) is 5.91 Å². The fraction of sp³-hybridized carbons (Fsp3) is 0.0588. The number of nitrogens with one attached hydrogen (secondary N) is 1. The van der Waals surface area contributed by atoms with Crippen LogP contribution in [-0.2, 0) is 0 Å². The van der Waals surface area contributed by atoms with Crippen molar-refractivity contribution < 1.29 is 4.79 Å². The Morgan fingerprint density at radius 1 is 1.14 bits per heavy atom. The number of nitrogens with zero attached hydrogens (tertiary/aromatic N) is 2. The summed E-state index contributed by atoms with van der Waals surface area (Å²) in [4.78, 5) is 12.3. The summed E-state index contributed by atoms with van der Waals surface area (Å²) in [5, 5.41) is 7.16. The van der Waals surface area contributed by atoms with Crippen LogP contribution in [0, 0.1) is 6.92 Å². The Morgan fingerprint density at radius 3 is 2.64 bits per heavy atom. The first kappa shape index (κ1) is 14.5. The maximum atomic E-state index is 12.3. The second-order valence-corrected chi connectivity index (χ2v) is 5.75. The lowest BCUT2D eigenvalue weighted by Gasteiger charge is -2.05. The van der Waals surface area contributed by atoms with Crippen LogP contribution >= 0.6 is 15.9 Å². The van der Waals surface area contributed by atoms with Gasteiger partial charge in [0.1, 0.15) is 0 Å². The molecule has 0 radical (unpaired) electrons. The number of para-hydroxylation sites is 1. The molecule has 0 atom stereocenters. The van der Waals surface area contributed by atoms with Gasteiger partial charge in [0.05, 0.1) is 5.69 Å². The maximum absolute atomic E-state index is 12.3. The van der Waals surface area contributed by atoms with Gasteiger partial charge in [-0.05, 0) is 42.8 Å². The zero-order valence-electron chi connectivity index (χ0n) is 12.0. The molecule has 0 saturated heterocycles. The van der Waals surface area contributed by atoms with Crippen molar-refractivity contribution in [1.82, 2.24) is 9.78 Å². The van der Waals surface area contributed by atoms with Crippen LogP contribution in [0.4, 0.5) is 5.69 Å². The van der Waals surface area contributed by atoms with Gasteiger partial charge in [0.15, 0.2) is 5.69 Å². The highest BCUT2D eigenvalue weighted by atomic mass is 79.9. The van der Waals surface area contributed by atoms with Gasteiger partial charge in [0.2, 0.25) is 0 Å². The van der Waals surface area contributed by atoms with Crippen molar-refractivity contribution in [1.29, 1.82) is 0 Å². The van der Waals surface area contributed by atoms with Gasteiger partial charge < -0.3 is 5.32 Å². The van der Waals surface area contributed by atoms with E-state index in [4.69, 9.17) is 0 Å². The van der Waals surface area contributed by atoms with Gasteiger partial charge in [-0.25, -0.2) is 4.68 Å². The molecule has 2 aromatic carbocycles. The number of aryl methyl sites for hydroxylation is 1. The predicted molar refractivity (Wildman–Crippen MR) is 90.4 cm³/mol. The molecule has 5 heteroatoms. The minimum absolute atomic E-state index is 0.231. The Morgan fingerprint density at radius 2 is 1.91 bits per heavy atom. The SMILES string of the molecule is Cc1ccc(NC(=O)c2ccn(-c3ccccc3)n2)cc1Br. The van der Waals surface area contributed by atoms with E-state index in [1.54, 1.807) is 16.9 Å². The second kappa shape index (κ2) is 6.15. The third-order valence-corrected chi connectivity index (χ3v) is 4.13. The molecule has 4 nitrogen and oxygen atoms in total. The van der Waals surface area contributed by atoms with Crippen molar-refractivity contribution in [3.8, 4) is 5.69 Å². The molecule has 1 amide bonds.